The maximum absolute atomic E-state index is 11.0. The van der Waals surface area contributed by atoms with Crippen LogP contribution in [0.15, 0.2) is 48.9 Å². The number of nitrogens with zero attached hydrogens (tertiary/aromatic N) is 5. The zero-order valence-electron chi connectivity index (χ0n) is 12.1. The molecule has 0 atom stereocenters. The molecule has 0 saturated heterocycles. The van der Waals surface area contributed by atoms with Crippen LogP contribution in [0, 0.1) is 17.0 Å². The van der Waals surface area contributed by atoms with Gasteiger partial charge >= 0.3 is 5.82 Å². The summed E-state index contributed by atoms with van der Waals surface area (Å²) in [4.78, 5) is 26.7. The van der Waals surface area contributed by atoms with Gasteiger partial charge in [-0.15, -0.1) is 0 Å². The fraction of sp³-hybridized carbons (Fsp3) is 0.0667. The predicted octanol–water partition coefficient (Wildman–Crippen LogP) is 2.94. The summed E-state index contributed by atoms with van der Waals surface area (Å²) in [6.07, 6.45) is 4.60. The van der Waals surface area contributed by atoms with E-state index >= 15 is 0 Å². The zero-order chi connectivity index (χ0) is 16.2. The standard InChI is InChI=1S/C15H11N5O3/c1-10-9-13(19-14(18-10)11-4-7-16-8-5-11)23-12-3-2-6-17-15(12)20(21)22/h2-9H,1H3. The third-order valence-corrected chi connectivity index (χ3v) is 2.91. The van der Waals surface area contributed by atoms with Gasteiger partial charge in [0.15, 0.2) is 5.82 Å². The molecule has 0 N–H and O–H groups in total. The molecule has 0 unspecified atom stereocenters. The van der Waals surface area contributed by atoms with Crippen LogP contribution in [-0.4, -0.2) is 24.9 Å². The van der Waals surface area contributed by atoms with Crippen LogP contribution in [0.2, 0.25) is 0 Å². The van der Waals surface area contributed by atoms with E-state index < -0.39 is 4.92 Å². The van der Waals surface area contributed by atoms with Gasteiger partial charge in [0.1, 0.15) is 6.20 Å². The van der Waals surface area contributed by atoms with Gasteiger partial charge in [0, 0.05) is 29.7 Å². The molecule has 0 aliphatic carbocycles. The molecular weight excluding hydrogens is 298 g/mol. The van der Waals surface area contributed by atoms with Gasteiger partial charge < -0.3 is 14.9 Å². The summed E-state index contributed by atoms with van der Waals surface area (Å²) in [5, 5.41) is 11.0. The van der Waals surface area contributed by atoms with Crippen LogP contribution in [0.3, 0.4) is 0 Å². The van der Waals surface area contributed by atoms with Crippen molar-refractivity contribution in [3.05, 3.63) is 64.7 Å². The second-order valence-corrected chi connectivity index (χ2v) is 4.59. The van der Waals surface area contributed by atoms with Crippen molar-refractivity contribution in [2.24, 2.45) is 0 Å². The summed E-state index contributed by atoms with van der Waals surface area (Å²) in [5.41, 5.74) is 1.45. The van der Waals surface area contributed by atoms with Gasteiger partial charge in [-0.05, 0) is 41.1 Å². The van der Waals surface area contributed by atoms with E-state index in [1.807, 2.05) is 0 Å². The number of nitro groups is 1. The molecule has 3 heterocycles. The van der Waals surface area contributed by atoms with Crippen molar-refractivity contribution in [1.29, 1.82) is 0 Å². The SMILES string of the molecule is Cc1cc(Oc2cccnc2[N+](=O)[O-])nc(-c2ccncc2)n1. The number of hydrogen-bond acceptors (Lipinski definition) is 7. The first-order chi connectivity index (χ1) is 11.1. The van der Waals surface area contributed by atoms with E-state index in [4.69, 9.17) is 4.74 Å². The number of pyridine rings is 2. The van der Waals surface area contributed by atoms with Crippen molar-refractivity contribution in [1.82, 2.24) is 19.9 Å². The molecule has 3 rings (SSSR count). The number of aryl methyl sites for hydroxylation is 1. The van der Waals surface area contributed by atoms with Gasteiger partial charge in [0.05, 0.1) is 0 Å². The molecule has 0 amide bonds. The van der Waals surface area contributed by atoms with Gasteiger partial charge in [-0.1, -0.05) is 0 Å². The summed E-state index contributed by atoms with van der Waals surface area (Å²) in [5.74, 6) is 0.319. The molecular formula is C15H11N5O3. The topological polar surface area (TPSA) is 104 Å². The Bertz CT molecular complexity index is 855. The maximum Gasteiger partial charge on any atom is 0.406 e. The Morgan fingerprint density at radius 1 is 1.13 bits per heavy atom. The highest BCUT2D eigenvalue weighted by molar-refractivity contribution is 5.54. The van der Waals surface area contributed by atoms with Crippen molar-refractivity contribution in [2.45, 2.75) is 6.92 Å². The molecule has 0 aliphatic rings. The van der Waals surface area contributed by atoms with E-state index in [9.17, 15) is 10.1 Å². The van der Waals surface area contributed by atoms with E-state index in [-0.39, 0.29) is 17.4 Å². The minimum atomic E-state index is -0.604. The highest BCUT2D eigenvalue weighted by Gasteiger charge is 2.17. The van der Waals surface area contributed by atoms with Crippen molar-refractivity contribution in [3.8, 4) is 23.0 Å². The van der Waals surface area contributed by atoms with Crippen LogP contribution < -0.4 is 4.74 Å². The van der Waals surface area contributed by atoms with Crippen molar-refractivity contribution >= 4 is 5.82 Å². The van der Waals surface area contributed by atoms with Crippen LogP contribution in [-0.2, 0) is 0 Å². The smallest absolute Gasteiger partial charge is 0.406 e. The number of ether oxygens (including phenoxy) is 1. The lowest BCUT2D eigenvalue weighted by Crippen LogP contribution is -1.99. The lowest BCUT2D eigenvalue weighted by Gasteiger charge is -2.07. The molecule has 114 valence electrons. The quantitative estimate of drug-likeness (QED) is 0.539. The minimum Gasteiger partial charge on any atom is -0.430 e. The largest absolute Gasteiger partial charge is 0.430 e. The summed E-state index contributed by atoms with van der Waals surface area (Å²) in [6, 6.07) is 8.16. The monoisotopic (exact) mass is 309 g/mol. The first-order valence-corrected chi connectivity index (χ1v) is 6.67. The van der Waals surface area contributed by atoms with Gasteiger partial charge in [-0.25, -0.2) is 4.98 Å². The molecule has 3 aromatic rings. The second kappa shape index (κ2) is 6.14. The van der Waals surface area contributed by atoms with E-state index in [0.29, 0.717) is 11.5 Å². The number of rotatable bonds is 4. The number of hydrogen-bond donors (Lipinski definition) is 0. The highest BCUT2D eigenvalue weighted by Crippen LogP contribution is 2.29. The summed E-state index contributed by atoms with van der Waals surface area (Å²) in [7, 11) is 0. The third kappa shape index (κ3) is 3.26. The molecule has 0 spiro atoms. The fourth-order valence-electron chi connectivity index (χ4n) is 1.93. The Labute approximate surface area is 131 Å². The van der Waals surface area contributed by atoms with Crippen LogP contribution >= 0.6 is 0 Å². The Kier molecular flexibility index (Phi) is 3.88. The van der Waals surface area contributed by atoms with Gasteiger partial charge in [-0.2, -0.15) is 4.98 Å². The van der Waals surface area contributed by atoms with Crippen molar-refractivity contribution < 1.29 is 9.66 Å². The first kappa shape index (κ1) is 14.5. The van der Waals surface area contributed by atoms with E-state index in [1.54, 1.807) is 43.6 Å². The molecule has 0 bridgehead atoms. The normalized spacial score (nSPS) is 10.3. The molecule has 0 radical (unpaired) electrons. The lowest BCUT2D eigenvalue weighted by molar-refractivity contribution is -0.390. The number of aromatic nitrogens is 4. The van der Waals surface area contributed by atoms with E-state index in [0.717, 1.165) is 5.56 Å². The van der Waals surface area contributed by atoms with Crippen molar-refractivity contribution in [2.75, 3.05) is 0 Å². The summed E-state index contributed by atoms with van der Waals surface area (Å²) >= 11 is 0. The molecule has 8 heteroatoms. The Morgan fingerprint density at radius 3 is 2.65 bits per heavy atom. The maximum atomic E-state index is 11.0. The minimum absolute atomic E-state index is 0.0243. The molecule has 23 heavy (non-hydrogen) atoms. The fourth-order valence-corrected chi connectivity index (χ4v) is 1.93. The summed E-state index contributed by atoms with van der Waals surface area (Å²) < 4.78 is 5.54. The molecule has 0 saturated carbocycles. The average Bonchev–Trinajstić information content (AvgIpc) is 2.55. The van der Waals surface area contributed by atoms with Crippen LogP contribution in [0.5, 0.6) is 11.6 Å². The predicted molar refractivity (Wildman–Crippen MR) is 81.0 cm³/mol. The van der Waals surface area contributed by atoms with Gasteiger partial charge in [0.2, 0.25) is 11.6 Å². The van der Waals surface area contributed by atoms with Crippen LogP contribution in [0.1, 0.15) is 5.69 Å². The Balaban J connectivity index is 1.99. The Hall–Kier alpha value is -3.42. The van der Waals surface area contributed by atoms with E-state index in [1.165, 1.54) is 12.3 Å². The van der Waals surface area contributed by atoms with Crippen LogP contribution in [0.25, 0.3) is 11.4 Å². The average molecular weight is 309 g/mol. The zero-order valence-corrected chi connectivity index (χ0v) is 12.1. The highest BCUT2D eigenvalue weighted by atomic mass is 16.6. The molecule has 3 aromatic heterocycles. The third-order valence-electron chi connectivity index (χ3n) is 2.91. The second-order valence-electron chi connectivity index (χ2n) is 4.59. The molecule has 0 aromatic carbocycles. The Morgan fingerprint density at radius 2 is 1.91 bits per heavy atom. The van der Waals surface area contributed by atoms with E-state index in [2.05, 4.69) is 19.9 Å². The molecule has 8 nitrogen and oxygen atoms in total. The lowest BCUT2D eigenvalue weighted by atomic mass is 10.2. The van der Waals surface area contributed by atoms with Gasteiger partial charge in [-0.3, -0.25) is 4.98 Å². The molecule has 0 fully saturated rings. The van der Waals surface area contributed by atoms with Crippen LogP contribution in [0.4, 0.5) is 5.82 Å². The first-order valence-electron chi connectivity index (χ1n) is 6.67. The molecule has 0 aliphatic heterocycles. The van der Waals surface area contributed by atoms with Gasteiger partial charge in [0.25, 0.3) is 0 Å². The van der Waals surface area contributed by atoms with Crippen molar-refractivity contribution in [3.63, 3.8) is 0 Å². The summed E-state index contributed by atoms with van der Waals surface area (Å²) in [6.45, 7) is 1.79.